The normalized spacial score (nSPS) is 21.2. The zero-order chi connectivity index (χ0) is 24.5. The molecule has 2 aliphatic rings. The van der Waals surface area contributed by atoms with Crippen LogP contribution in [0.4, 0.5) is 5.69 Å². The molecule has 0 saturated carbocycles. The molecule has 3 aromatic rings. The standard InChI is InChI=1S/C27H29N5O3/c1-16-3-4-17(18-5-8-22(30-15-18)27(34)29-2)13-21(26(28)33)25-24(16)20-7-6-19(14-23(20)31-25)32-9-11-35-12-10-32/h4-8,13-16,31H,3,9-12H2,1-2H3,(H2,28,33)(H,29,34)/b17-4-,21-13+. The molecule has 1 saturated heterocycles. The molecule has 1 aromatic carbocycles. The first kappa shape index (κ1) is 22.9. The van der Waals surface area contributed by atoms with Gasteiger partial charge < -0.3 is 25.7 Å². The number of aromatic nitrogens is 2. The summed E-state index contributed by atoms with van der Waals surface area (Å²) in [5.41, 5.74) is 12.3. The van der Waals surface area contributed by atoms with E-state index >= 15 is 0 Å². The Labute approximate surface area is 203 Å². The number of amides is 2. The summed E-state index contributed by atoms with van der Waals surface area (Å²) in [6.45, 7) is 5.31. The molecule has 8 heteroatoms. The van der Waals surface area contributed by atoms with E-state index in [0.29, 0.717) is 11.3 Å². The number of hydrogen-bond donors (Lipinski definition) is 3. The third kappa shape index (κ3) is 4.33. The molecule has 8 nitrogen and oxygen atoms in total. The largest absolute Gasteiger partial charge is 0.378 e. The number of morpholine rings is 1. The monoisotopic (exact) mass is 471 g/mol. The molecule has 180 valence electrons. The second kappa shape index (κ2) is 9.38. The van der Waals surface area contributed by atoms with Crippen molar-refractivity contribution in [1.29, 1.82) is 0 Å². The first-order valence-corrected chi connectivity index (χ1v) is 11.8. The number of hydrogen-bond acceptors (Lipinski definition) is 5. The lowest BCUT2D eigenvalue weighted by Crippen LogP contribution is -2.36. The van der Waals surface area contributed by atoms with E-state index < -0.39 is 5.91 Å². The topological polar surface area (TPSA) is 113 Å². The number of aromatic amines is 1. The molecule has 0 spiro atoms. The fourth-order valence-corrected chi connectivity index (χ4v) is 4.88. The lowest BCUT2D eigenvalue weighted by atomic mass is 9.87. The first-order chi connectivity index (χ1) is 17.0. The predicted molar refractivity (Wildman–Crippen MR) is 137 cm³/mol. The number of allylic oxidation sites excluding steroid dienone is 3. The molecule has 1 aliphatic carbocycles. The van der Waals surface area contributed by atoms with Crippen molar-refractivity contribution in [3.8, 4) is 0 Å². The molecule has 1 atom stereocenters. The Balaban J connectivity index is 1.58. The Kier molecular flexibility index (Phi) is 6.13. The maximum absolute atomic E-state index is 12.7. The number of ether oxygens (including phenoxy) is 1. The van der Waals surface area contributed by atoms with Gasteiger partial charge in [0, 0.05) is 42.9 Å². The number of primary amides is 1. The minimum Gasteiger partial charge on any atom is -0.378 e. The van der Waals surface area contributed by atoms with Crippen LogP contribution in [0, 0.1) is 0 Å². The highest BCUT2D eigenvalue weighted by Crippen LogP contribution is 2.39. The number of carbonyl (C=O) groups is 2. The number of H-pyrrole nitrogens is 1. The van der Waals surface area contributed by atoms with Gasteiger partial charge in [0.15, 0.2) is 0 Å². The molecule has 1 fully saturated rings. The molecule has 4 N–H and O–H groups in total. The van der Waals surface area contributed by atoms with Crippen LogP contribution in [0.3, 0.4) is 0 Å². The molecule has 0 bridgehead atoms. The molecule has 2 amide bonds. The van der Waals surface area contributed by atoms with Crippen molar-refractivity contribution in [2.45, 2.75) is 19.3 Å². The van der Waals surface area contributed by atoms with Crippen LogP contribution < -0.4 is 16.0 Å². The molecule has 5 rings (SSSR count). The van der Waals surface area contributed by atoms with E-state index in [1.54, 1.807) is 19.3 Å². The van der Waals surface area contributed by atoms with Gasteiger partial charge in [-0.2, -0.15) is 0 Å². The summed E-state index contributed by atoms with van der Waals surface area (Å²) in [7, 11) is 1.57. The number of rotatable bonds is 4. The van der Waals surface area contributed by atoms with Gasteiger partial charge in [-0.15, -0.1) is 0 Å². The summed E-state index contributed by atoms with van der Waals surface area (Å²) in [4.78, 5) is 34.6. The second-order valence-corrected chi connectivity index (χ2v) is 8.97. The number of pyridine rings is 1. The fourth-order valence-electron chi connectivity index (χ4n) is 4.88. The Morgan fingerprint density at radius 2 is 2.00 bits per heavy atom. The zero-order valence-corrected chi connectivity index (χ0v) is 19.9. The van der Waals surface area contributed by atoms with Crippen LogP contribution in [0.5, 0.6) is 0 Å². The number of benzene rings is 1. The Morgan fingerprint density at radius 1 is 1.20 bits per heavy atom. The van der Waals surface area contributed by atoms with E-state index in [4.69, 9.17) is 10.5 Å². The Morgan fingerprint density at radius 3 is 2.69 bits per heavy atom. The lowest BCUT2D eigenvalue weighted by molar-refractivity contribution is -0.112. The van der Waals surface area contributed by atoms with Crippen LogP contribution in [0.25, 0.3) is 22.0 Å². The second-order valence-electron chi connectivity index (χ2n) is 8.97. The molecular weight excluding hydrogens is 442 g/mol. The van der Waals surface area contributed by atoms with Gasteiger partial charge in [-0.1, -0.05) is 25.1 Å². The molecule has 1 aliphatic heterocycles. The third-order valence-electron chi connectivity index (χ3n) is 6.77. The molecule has 1 unspecified atom stereocenters. The van der Waals surface area contributed by atoms with E-state index in [2.05, 4.69) is 51.4 Å². The molecule has 2 aromatic heterocycles. The van der Waals surface area contributed by atoms with Gasteiger partial charge in [-0.05, 0) is 53.3 Å². The summed E-state index contributed by atoms with van der Waals surface area (Å²) >= 11 is 0. The summed E-state index contributed by atoms with van der Waals surface area (Å²) in [5, 5.41) is 3.67. The predicted octanol–water partition coefficient (Wildman–Crippen LogP) is 3.22. The zero-order valence-electron chi connectivity index (χ0n) is 19.9. The number of anilines is 1. The maximum Gasteiger partial charge on any atom is 0.269 e. The van der Waals surface area contributed by atoms with Gasteiger partial charge >= 0.3 is 0 Å². The number of nitrogens with zero attached hydrogens (tertiary/aromatic N) is 2. The minimum atomic E-state index is -0.499. The van der Waals surface area contributed by atoms with E-state index in [1.165, 1.54) is 0 Å². The Hall–Kier alpha value is -3.91. The minimum absolute atomic E-state index is 0.157. The van der Waals surface area contributed by atoms with Crippen molar-refractivity contribution in [1.82, 2.24) is 15.3 Å². The van der Waals surface area contributed by atoms with Gasteiger partial charge in [-0.3, -0.25) is 14.6 Å². The third-order valence-corrected chi connectivity index (χ3v) is 6.77. The SMILES string of the molecule is CNC(=O)c1ccc(C2=C\CC(C)c3c([nH]c4cc(N5CCOCC5)ccc34)/C(C(N)=O)=C\2)cn1. The van der Waals surface area contributed by atoms with E-state index in [1.807, 2.05) is 12.1 Å². The van der Waals surface area contributed by atoms with Crippen LogP contribution in [-0.4, -0.2) is 55.1 Å². The first-order valence-electron chi connectivity index (χ1n) is 11.8. The van der Waals surface area contributed by atoms with Gasteiger partial charge in [0.2, 0.25) is 0 Å². The number of carbonyl (C=O) groups excluding carboxylic acids is 2. The van der Waals surface area contributed by atoms with Crippen LogP contribution >= 0.6 is 0 Å². The van der Waals surface area contributed by atoms with Crippen molar-refractivity contribution in [3.05, 3.63) is 71.2 Å². The summed E-state index contributed by atoms with van der Waals surface area (Å²) in [5.74, 6) is -0.588. The van der Waals surface area contributed by atoms with Crippen LogP contribution in [-0.2, 0) is 9.53 Å². The number of fused-ring (bicyclic) bond motifs is 3. The average Bonchev–Trinajstić information content (AvgIpc) is 3.25. The fraction of sp³-hybridized carbons (Fsp3) is 0.296. The van der Waals surface area contributed by atoms with Gasteiger partial charge in [0.05, 0.1) is 24.5 Å². The highest BCUT2D eigenvalue weighted by molar-refractivity contribution is 6.22. The van der Waals surface area contributed by atoms with Crippen molar-refractivity contribution in [3.63, 3.8) is 0 Å². The number of nitrogens with two attached hydrogens (primary N) is 1. The molecule has 0 radical (unpaired) electrons. The average molecular weight is 472 g/mol. The van der Waals surface area contributed by atoms with E-state index in [0.717, 1.165) is 71.7 Å². The van der Waals surface area contributed by atoms with Gasteiger partial charge in [0.1, 0.15) is 5.69 Å². The van der Waals surface area contributed by atoms with Gasteiger partial charge in [-0.25, -0.2) is 0 Å². The highest BCUT2D eigenvalue weighted by Gasteiger charge is 2.25. The molecular formula is C27H29N5O3. The Bertz CT molecular complexity index is 1350. The van der Waals surface area contributed by atoms with Crippen molar-refractivity contribution in [2.24, 2.45) is 5.73 Å². The molecule has 3 heterocycles. The summed E-state index contributed by atoms with van der Waals surface area (Å²) < 4.78 is 5.49. The van der Waals surface area contributed by atoms with Crippen molar-refractivity contribution >= 4 is 39.6 Å². The van der Waals surface area contributed by atoms with Crippen LogP contribution in [0.1, 0.15) is 46.6 Å². The highest BCUT2D eigenvalue weighted by atomic mass is 16.5. The van der Waals surface area contributed by atoms with Gasteiger partial charge in [0.25, 0.3) is 11.8 Å². The van der Waals surface area contributed by atoms with E-state index in [9.17, 15) is 9.59 Å². The van der Waals surface area contributed by atoms with Crippen molar-refractivity contribution in [2.75, 3.05) is 38.3 Å². The smallest absolute Gasteiger partial charge is 0.269 e. The maximum atomic E-state index is 12.7. The lowest BCUT2D eigenvalue weighted by Gasteiger charge is -2.28. The summed E-state index contributed by atoms with van der Waals surface area (Å²) in [6.07, 6.45) is 6.36. The van der Waals surface area contributed by atoms with E-state index in [-0.39, 0.29) is 11.8 Å². The van der Waals surface area contributed by atoms with Crippen LogP contribution in [0.2, 0.25) is 0 Å². The van der Waals surface area contributed by atoms with Crippen molar-refractivity contribution < 1.29 is 14.3 Å². The quantitative estimate of drug-likeness (QED) is 0.541. The van der Waals surface area contributed by atoms with Crippen LogP contribution in [0.15, 0.2) is 48.7 Å². The number of nitrogens with one attached hydrogen (secondary N) is 2. The summed E-state index contributed by atoms with van der Waals surface area (Å²) in [6, 6.07) is 9.94. The molecule has 35 heavy (non-hydrogen) atoms.